The van der Waals surface area contributed by atoms with Gasteiger partial charge in [-0.2, -0.15) is 5.10 Å². The second-order valence-corrected chi connectivity index (χ2v) is 6.18. The molecule has 4 rings (SSSR count). The van der Waals surface area contributed by atoms with Gasteiger partial charge in [0.25, 0.3) is 12.0 Å². The highest BCUT2D eigenvalue weighted by Gasteiger charge is 2.25. The number of hydrogen-bond donors (Lipinski definition) is 0. The van der Waals surface area contributed by atoms with Gasteiger partial charge < -0.3 is 0 Å². The van der Waals surface area contributed by atoms with Crippen LogP contribution in [0, 0.1) is 0 Å². The zero-order chi connectivity index (χ0) is 18.4. The van der Waals surface area contributed by atoms with Crippen molar-refractivity contribution in [2.75, 3.05) is 0 Å². The second kappa shape index (κ2) is 6.17. The normalized spacial score (nSPS) is 11.7. The van der Waals surface area contributed by atoms with Gasteiger partial charge >= 0.3 is 0 Å². The molecule has 8 heteroatoms. The Labute approximate surface area is 151 Å². The van der Waals surface area contributed by atoms with Gasteiger partial charge in [0, 0.05) is 28.5 Å². The molecular formula is C18H13ClF2N4O. The molecule has 4 aromatic rings. The number of hydrogen-bond acceptors (Lipinski definition) is 3. The third-order valence-corrected chi connectivity index (χ3v) is 4.51. The van der Waals surface area contributed by atoms with Crippen LogP contribution < -0.4 is 5.56 Å². The first-order chi connectivity index (χ1) is 12.5. The Balaban J connectivity index is 2.28. The smallest absolute Gasteiger partial charge is 0.273 e. The molecule has 0 radical (unpaired) electrons. The Bertz CT molecular complexity index is 1180. The molecule has 0 fully saturated rings. The molecule has 0 amide bonds. The van der Waals surface area contributed by atoms with Gasteiger partial charge in [-0.25, -0.2) is 8.78 Å². The van der Waals surface area contributed by atoms with Gasteiger partial charge in [0.15, 0.2) is 5.52 Å². The van der Waals surface area contributed by atoms with Crippen molar-refractivity contribution >= 4 is 33.4 Å². The minimum Gasteiger partial charge on any atom is -0.273 e. The van der Waals surface area contributed by atoms with Crippen LogP contribution in [0.1, 0.15) is 19.0 Å². The Morgan fingerprint density at radius 3 is 2.73 bits per heavy atom. The number of benzene rings is 1. The van der Waals surface area contributed by atoms with E-state index in [2.05, 4.69) is 10.1 Å². The second-order valence-electron chi connectivity index (χ2n) is 5.74. The summed E-state index contributed by atoms with van der Waals surface area (Å²) in [6, 6.07) is 8.24. The fourth-order valence-corrected chi connectivity index (χ4v) is 3.38. The van der Waals surface area contributed by atoms with E-state index in [1.807, 2.05) is 0 Å². The average Bonchev–Trinajstić information content (AvgIpc) is 3.03. The van der Waals surface area contributed by atoms with Gasteiger partial charge in [0.2, 0.25) is 0 Å². The molecule has 0 atom stereocenters. The van der Waals surface area contributed by atoms with Gasteiger partial charge in [-0.3, -0.25) is 19.0 Å². The predicted octanol–water partition coefficient (Wildman–Crippen LogP) is 4.35. The van der Waals surface area contributed by atoms with Crippen molar-refractivity contribution in [3.8, 4) is 5.69 Å². The number of aromatic nitrogens is 4. The molecule has 3 heterocycles. The van der Waals surface area contributed by atoms with Crippen LogP contribution in [0.4, 0.5) is 8.78 Å². The van der Waals surface area contributed by atoms with E-state index in [1.54, 1.807) is 43.5 Å². The largest absolute Gasteiger partial charge is 0.284 e. The molecule has 0 aliphatic carbocycles. The number of alkyl halides is 2. The summed E-state index contributed by atoms with van der Waals surface area (Å²) < 4.78 is 30.0. The first-order valence-corrected chi connectivity index (χ1v) is 8.34. The van der Waals surface area contributed by atoms with E-state index in [1.165, 1.54) is 15.4 Å². The quantitative estimate of drug-likeness (QED) is 0.536. The minimum atomic E-state index is -2.76. The number of rotatable bonds is 3. The highest BCUT2D eigenvalue weighted by atomic mass is 35.5. The summed E-state index contributed by atoms with van der Waals surface area (Å²) in [4.78, 5) is 17.2. The molecule has 1 aromatic carbocycles. The SMILES string of the molecule is CCn1nc2c(=O)n(-c3cccnc3)c3cc(Cl)ccc3c2c1C(F)F. The van der Waals surface area contributed by atoms with Gasteiger partial charge in [0.05, 0.1) is 17.4 Å². The number of pyridine rings is 2. The van der Waals surface area contributed by atoms with E-state index < -0.39 is 12.0 Å². The molecule has 0 N–H and O–H groups in total. The van der Waals surface area contributed by atoms with Crippen LogP contribution in [-0.4, -0.2) is 19.3 Å². The summed E-state index contributed by atoms with van der Waals surface area (Å²) in [7, 11) is 0. The molecule has 26 heavy (non-hydrogen) atoms. The Morgan fingerprint density at radius 2 is 2.08 bits per heavy atom. The zero-order valence-electron chi connectivity index (χ0n) is 13.7. The molecule has 3 aromatic heterocycles. The van der Waals surface area contributed by atoms with E-state index >= 15 is 0 Å². The molecular weight excluding hydrogens is 362 g/mol. The van der Waals surface area contributed by atoms with Crippen LogP contribution in [0.15, 0.2) is 47.5 Å². The maximum absolute atomic E-state index is 13.7. The Hall–Kier alpha value is -2.80. The maximum atomic E-state index is 13.7. The van der Waals surface area contributed by atoms with Gasteiger partial charge in [0.1, 0.15) is 5.69 Å². The summed E-state index contributed by atoms with van der Waals surface area (Å²) in [5, 5.41) is 5.21. The van der Waals surface area contributed by atoms with Crippen molar-refractivity contribution in [3.63, 3.8) is 0 Å². The van der Waals surface area contributed by atoms with E-state index in [0.717, 1.165) is 0 Å². The lowest BCUT2D eigenvalue weighted by atomic mass is 10.1. The number of nitrogens with zero attached hydrogens (tertiary/aromatic N) is 4. The lowest BCUT2D eigenvalue weighted by molar-refractivity contribution is 0.141. The van der Waals surface area contributed by atoms with Crippen molar-refractivity contribution in [2.45, 2.75) is 19.9 Å². The van der Waals surface area contributed by atoms with Crippen LogP contribution in [0.25, 0.3) is 27.5 Å². The molecule has 0 spiro atoms. The number of fused-ring (bicyclic) bond motifs is 3. The zero-order valence-corrected chi connectivity index (χ0v) is 14.4. The fourth-order valence-electron chi connectivity index (χ4n) is 3.21. The Kier molecular flexibility index (Phi) is 3.96. The molecule has 0 saturated heterocycles. The Morgan fingerprint density at radius 1 is 1.27 bits per heavy atom. The predicted molar refractivity (Wildman–Crippen MR) is 96.3 cm³/mol. The lowest BCUT2D eigenvalue weighted by Crippen LogP contribution is -2.19. The van der Waals surface area contributed by atoms with Crippen LogP contribution in [-0.2, 0) is 6.54 Å². The molecule has 5 nitrogen and oxygen atoms in total. The summed E-state index contributed by atoms with van der Waals surface area (Å²) >= 11 is 6.12. The van der Waals surface area contributed by atoms with Gasteiger partial charge in [-0.05, 0) is 31.2 Å². The molecule has 0 unspecified atom stereocenters. The number of halogens is 3. The molecule has 0 bridgehead atoms. The molecule has 0 aliphatic heterocycles. The topological polar surface area (TPSA) is 52.7 Å². The maximum Gasteiger partial charge on any atom is 0.284 e. The van der Waals surface area contributed by atoms with Gasteiger partial charge in [-0.15, -0.1) is 0 Å². The minimum absolute atomic E-state index is 0.000764. The average molecular weight is 375 g/mol. The summed E-state index contributed by atoms with van der Waals surface area (Å²) in [5.74, 6) is 0. The first-order valence-electron chi connectivity index (χ1n) is 7.96. The van der Waals surface area contributed by atoms with Crippen molar-refractivity contribution in [3.05, 3.63) is 63.8 Å². The monoisotopic (exact) mass is 374 g/mol. The number of aryl methyl sites for hydroxylation is 1. The standard InChI is InChI=1S/C18H13ClF2N4O/c1-2-24-16(17(20)21)14-12-6-5-10(19)8-13(12)25(18(26)15(14)23-24)11-4-3-7-22-9-11/h3-9,17H,2H2,1H3. The van der Waals surface area contributed by atoms with Crippen LogP contribution >= 0.6 is 11.6 Å². The molecule has 0 saturated carbocycles. The first kappa shape index (κ1) is 16.7. The third kappa shape index (κ3) is 2.39. The van der Waals surface area contributed by atoms with Crippen molar-refractivity contribution < 1.29 is 8.78 Å². The summed E-state index contributed by atoms with van der Waals surface area (Å²) in [6.07, 6.45) is 0.355. The van der Waals surface area contributed by atoms with Crippen molar-refractivity contribution in [1.82, 2.24) is 19.3 Å². The molecule has 0 aliphatic rings. The van der Waals surface area contributed by atoms with E-state index in [4.69, 9.17) is 11.6 Å². The van der Waals surface area contributed by atoms with E-state index in [0.29, 0.717) is 21.6 Å². The van der Waals surface area contributed by atoms with Gasteiger partial charge in [-0.1, -0.05) is 17.7 Å². The van der Waals surface area contributed by atoms with E-state index in [9.17, 15) is 13.6 Å². The van der Waals surface area contributed by atoms with Crippen LogP contribution in [0.3, 0.4) is 0 Å². The van der Waals surface area contributed by atoms with Crippen LogP contribution in [0.5, 0.6) is 0 Å². The van der Waals surface area contributed by atoms with Crippen molar-refractivity contribution in [2.24, 2.45) is 0 Å². The highest BCUT2D eigenvalue weighted by Crippen LogP contribution is 2.33. The van der Waals surface area contributed by atoms with E-state index in [-0.39, 0.29) is 23.1 Å². The fraction of sp³-hybridized carbons (Fsp3) is 0.167. The summed E-state index contributed by atoms with van der Waals surface area (Å²) in [5.41, 5.74) is 0.194. The van der Waals surface area contributed by atoms with Crippen molar-refractivity contribution in [1.29, 1.82) is 0 Å². The highest BCUT2D eigenvalue weighted by molar-refractivity contribution is 6.31. The lowest BCUT2D eigenvalue weighted by Gasteiger charge is -2.12. The van der Waals surface area contributed by atoms with Crippen LogP contribution in [0.2, 0.25) is 5.02 Å². The molecule has 132 valence electrons. The summed E-state index contributed by atoms with van der Waals surface area (Å²) in [6.45, 7) is 1.94. The third-order valence-electron chi connectivity index (χ3n) is 4.28.